The molecule has 1 aliphatic rings. The van der Waals surface area contributed by atoms with E-state index in [1.807, 2.05) is 0 Å². The molecule has 0 saturated carbocycles. The van der Waals surface area contributed by atoms with Crippen molar-refractivity contribution in [2.45, 2.75) is 4.90 Å². The number of sulfonamides is 1. The molecular formula is C10H13Cl3N2O2S2. The van der Waals surface area contributed by atoms with Crippen LogP contribution in [0.25, 0.3) is 0 Å². The minimum atomic E-state index is -3.54. The Kier molecular flexibility index (Phi) is 5.39. The monoisotopic (exact) mass is 362 g/mol. The summed E-state index contributed by atoms with van der Waals surface area (Å²) in [6, 6.07) is 1.41. The highest BCUT2D eigenvalue weighted by Gasteiger charge is 2.31. The van der Waals surface area contributed by atoms with Gasteiger partial charge in [0.05, 0.1) is 4.34 Å². The average molecular weight is 364 g/mol. The predicted octanol–water partition coefficient (Wildman–Crippen LogP) is 2.60. The summed E-state index contributed by atoms with van der Waals surface area (Å²) < 4.78 is 26.9. The smallest absolute Gasteiger partial charge is 0.245 e. The maximum atomic E-state index is 12.4. The van der Waals surface area contributed by atoms with Crippen LogP contribution < -0.4 is 0 Å². The van der Waals surface area contributed by atoms with Gasteiger partial charge in [0.1, 0.15) is 9.23 Å². The summed E-state index contributed by atoms with van der Waals surface area (Å²) in [7, 11) is -3.54. The molecule has 0 aromatic carbocycles. The molecule has 2 heterocycles. The lowest BCUT2D eigenvalue weighted by Crippen LogP contribution is -2.48. The van der Waals surface area contributed by atoms with Crippen molar-refractivity contribution >= 4 is 56.2 Å². The van der Waals surface area contributed by atoms with E-state index in [9.17, 15) is 8.42 Å². The lowest BCUT2D eigenvalue weighted by Gasteiger charge is -2.33. The third kappa shape index (κ3) is 3.56. The molecule has 0 N–H and O–H groups in total. The molecule has 1 aliphatic heterocycles. The molecule has 0 aliphatic carbocycles. The summed E-state index contributed by atoms with van der Waals surface area (Å²) in [6.07, 6.45) is 0. The first-order chi connectivity index (χ1) is 8.95. The van der Waals surface area contributed by atoms with E-state index in [0.717, 1.165) is 17.9 Å². The molecule has 1 aromatic heterocycles. The van der Waals surface area contributed by atoms with Crippen molar-refractivity contribution in [3.8, 4) is 0 Å². The van der Waals surface area contributed by atoms with Gasteiger partial charge in [-0.3, -0.25) is 4.90 Å². The first-order valence-electron chi connectivity index (χ1n) is 5.68. The summed E-state index contributed by atoms with van der Waals surface area (Å²) in [5, 5.41) is 0. The number of halogens is 3. The highest BCUT2D eigenvalue weighted by atomic mass is 35.5. The molecule has 1 fully saturated rings. The third-order valence-corrected chi connectivity index (χ3v) is 6.80. The molecule has 0 unspecified atom stereocenters. The van der Waals surface area contributed by atoms with Crippen molar-refractivity contribution in [2.24, 2.45) is 0 Å². The molecule has 4 nitrogen and oxygen atoms in total. The van der Waals surface area contributed by atoms with Gasteiger partial charge in [0.25, 0.3) is 0 Å². The van der Waals surface area contributed by atoms with Gasteiger partial charge in [-0.15, -0.1) is 22.9 Å². The predicted molar refractivity (Wildman–Crippen MR) is 80.3 cm³/mol. The van der Waals surface area contributed by atoms with E-state index in [1.165, 1.54) is 10.4 Å². The molecule has 0 radical (unpaired) electrons. The minimum Gasteiger partial charge on any atom is -0.300 e. The van der Waals surface area contributed by atoms with Crippen LogP contribution in [0.2, 0.25) is 8.67 Å². The number of piperazine rings is 1. The number of rotatable bonds is 4. The topological polar surface area (TPSA) is 40.6 Å². The van der Waals surface area contributed by atoms with E-state index in [4.69, 9.17) is 34.8 Å². The second kappa shape index (κ2) is 6.47. The Morgan fingerprint density at radius 3 is 2.32 bits per heavy atom. The van der Waals surface area contributed by atoms with E-state index in [-0.39, 0.29) is 9.23 Å². The summed E-state index contributed by atoms with van der Waals surface area (Å²) >= 11 is 18.5. The summed E-state index contributed by atoms with van der Waals surface area (Å²) in [5.74, 6) is 0.554. The lowest BCUT2D eigenvalue weighted by molar-refractivity contribution is 0.197. The van der Waals surface area contributed by atoms with Crippen LogP contribution in [0, 0.1) is 0 Å². The fourth-order valence-corrected chi connectivity index (χ4v) is 5.73. The quantitative estimate of drug-likeness (QED) is 0.772. The van der Waals surface area contributed by atoms with Crippen molar-refractivity contribution in [3.63, 3.8) is 0 Å². The van der Waals surface area contributed by atoms with Gasteiger partial charge in [-0.25, -0.2) is 8.42 Å². The molecule has 0 atom stereocenters. The Labute approximate surface area is 131 Å². The van der Waals surface area contributed by atoms with Gasteiger partial charge in [0.2, 0.25) is 10.0 Å². The molecule has 1 saturated heterocycles. The first kappa shape index (κ1) is 15.8. The largest absolute Gasteiger partial charge is 0.300 e. The van der Waals surface area contributed by atoms with Gasteiger partial charge in [-0.05, 0) is 6.07 Å². The molecule has 108 valence electrons. The number of hydrogen-bond donors (Lipinski definition) is 0. The van der Waals surface area contributed by atoms with Gasteiger partial charge < -0.3 is 0 Å². The molecule has 9 heteroatoms. The van der Waals surface area contributed by atoms with Gasteiger partial charge >= 0.3 is 0 Å². The fraction of sp³-hybridized carbons (Fsp3) is 0.600. The number of thiophene rings is 1. The van der Waals surface area contributed by atoms with Crippen LogP contribution in [-0.2, 0) is 10.0 Å². The Morgan fingerprint density at radius 1 is 1.21 bits per heavy atom. The van der Waals surface area contributed by atoms with Gasteiger partial charge in [-0.1, -0.05) is 23.2 Å². The fourth-order valence-electron chi connectivity index (χ4n) is 1.95. The highest BCUT2D eigenvalue weighted by molar-refractivity contribution is 7.89. The summed E-state index contributed by atoms with van der Waals surface area (Å²) in [4.78, 5) is 2.25. The minimum absolute atomic E-state index is 0.106. The molecule has 0 bridgehead atoms. The summed E-state index contributed by atoms with van der Waals surface area (Å²) in [6.45, 7) is 3.04. The molecule has 2 rings (SSSR count). The van der Waals surface area contributed by atoms with Crippen molar-refractivity contribution in [1.82, 2.24) is 9.21 Å². The second-order valence-corrected chi connectivity index (χ2v) is 8.69. The number of hydrogen-bond acceptors (Lipinski definition) is 4. The van der Waals surface area contributed by atoms with E-state index < -0.39 is 10.0 Å². The Bertz CT molecular complexity index is 539. The maximum Gasteiger partial charge on any atom is 0.245 e. The molecule has 0 spiro atoms. The van der Waals surface area contributed by atoms with Crippen molar-refractivity contribution in [1.29, 1.82) is 0 Å². The highest BCUT2D eigenvalue weighted by Crippen LogP contribution is 2.35. The Morgan fingerprint density at radius 2 is 1.84 bits per heavy atom. The zero-order chi connectivity index (χ0) is 14.0. The number of alkyl halides is 1. The van der Waals surface area contributed by atoms with E-state index in [1.54, 1.807) is 0 Å². The zero-order valence-corrected chi connectivity index (χ0v) is 13.9. The standard InChI is InChI=1S/C10H13Cl3N2O2S2/c11-1-2-14-3-5-15(6-4-14)19(16,17)8-7-9(12)18-10(8)13/h7H,1-6H2. The molecule has 1 aromatic rings. The SMILES string of the molecule is O=S(=O)(c1cc(Cl)sc1Cl)N1CCN(CCCl)CC1. The van der Waals surface area contributed by atoms with Crippen LogP contribution in [-0.4, -0.2) is 56.2 Å². The summed E-state index contributed by atoms with van der Waals surface area (Å²) in [5.41, 5.74) is 0. The Hall–Kier alpha value is 0.440. The zero-order valence-electron chi connectivity index (χ0n) is 9.98. The molecule has 0 amide bonds. The van der Waals surface area contributed by atoms with Crippen molar-refractivity contribution < 1.29 is 8.42 Å². The normalized spacial score (nSPS) is 18.9. The van der Waals surface area contributed by atoms with Crippen molar-refractivity contribution in [3.05, 3.63) is 14.7 Å². The first-order valence-corrected chi connectivity index (χ1v) is 9.23. The van der Waals surface area contributed by atoms with Crippen LogP contribution in [0.1, 0.15) is 0 Å². The van der Waals surface area contributed by atoms with E-state index in [2.05, 4.69) is 4.90 Å². The second-order valence-electron chi connectivity index (χ2n) is 4.12. The van der Waals surface area contributed by atoms with Crippen LogP contribution in [0.5, 0.6) is 0 Å². The maximum absolute atomic E-state index is 12.4. The van der Waals surface area contributed by atoms with Gasteiger partial charge in [0, 0.05) is 38.6 Å². The van der Waals surface area contributed by atoms with Crippen LogP contribution in [0.15, 0.2) is 11.0 Å². The van der Waals surface area contributed by atoms with Crippen LogP contribution in [0.4, 0.5) is 0 Å². The average Bonchev–Trinajstić information content (AvgIpc) is 2.70. The molecule has 19 heavy (non-hydrogen) atoms. The van der Waals surface area contributed by atoms with E-state index >= 15 is 0 Å². The number of nitrogens with zero attached hydrogens (tertiary/aromatic N) is 2. The van der Waals surface area contributed by atoms with Crippen LogP contribution in [0.3, 0.4) is 0 Å². The van der Waals surface area contributed by atoms with Crippen LogP contribution >= 0.6 is 46.1 Å². The van der Waals surface area contributed by atoms with Gasteiger partial charge in [-0.2, -0.15) is 4.31 Å². The van der Waals surface area contributed by atoms with Crippen molar-refractivity contribution in [2.75, 3.05) is 38.6 Å². The third-order valence-electron chi connectivity index (χ3n) is 2.98. The Balaban J connectivity index is 2.12. The van der Waals surface area contributed by atoms with Gasteiger partial charge in [0.15, 0.2) is 0 Å². The molecular weight excluding hydrogens is 351 g/mol. The lowest BCUT2D eigenvalue weighted by atomic mass is 10.4. The van der Waals surface area contributed by atoms with E-state index in [0.29, 0.717) is 36.4 Å².